The van der Waals surface area contributed by atoms with E-state index in [4.69, 9.17) is 16.3 Å². The molecule has 0 bridgehead atoms. The number of guanidine groups is 1. The molecule has 2 N–H and O–H groups in total. The predicted molar refractivity (Wildman–Crippen MR) is 108 cm³/mol. The lowest BCUT2D eigenvalue weighted by Gasteiger charge is -2.32. The molecule has 5 heteroatoms. The minimum Gasteiger partial charge on any atom is -0.373 e. The maximum absolute atomic E-state index is 6.07. The highest BCUT2D eigenvalue weighted by Crippen LogP contribution is 2.33. The van der Waals surface area contributed by atoms with E-state index in [1.165, 1.54) is 11.1 Å². The number of aliphatic imine (C=N–C) groups is 1. The first-order chi connectivity index (χ1) is 12.8. The van der Waals surface area contributed by atoms with Crippen molar-refractivity contribution in [1.82, 2.24) is 10.6 Å². The summed E-state index contributed by atoms with van der Waals surface area (Å²) < 4.78 is 6.07. The van der Waals surface area contributed by atoms with Crippen molar-refractivity contribution in [2.45, 2.75) is 25.5 Å². The van der Waals surface area contributed by atoms with Crippen LogP contribution in [0.25, 0.3) is 0 Å². The first-order valence-electron chi connectivity index (χ1n) is 9.12. The first-order valence-corrected chi connectivity index (χ1v) is 9.49. The van der Waals surface area contributed by atoms with Crippen LogP contribution in [0, 0.1) is 5.92 Å². The molecule has 0 aliphatic carbocycles. The van der Waals surface area contributed by atoms with Crippen molar-refractivity contribution in [3.8, 4) is 0 Å². The quantitative estimate of drug-likeness (QED) is 0.612. The van der Waals surface area contributed by atoms with E-state index in [1.54, 1.807) is 7.05 Å². The molecular weight excluding hydrogens is 346 g/mol. The van der Waals surface area contributed by atoms with Gasteiger partial charge in [-0.2, -0.15) is 0 Å². The van der Waals surface area contributed by atoms with Crippen LogP contribution in [0.3, 0.4) is 0 Å². The van der Waals surface area contributed by atoms with Crippen molar-refractivity contribution >= 4 is 17.6 Å². The molecule has 1 fully saturated rings. The molecule has 1 aliphatic rings. The Bertz CT molecular complexity index is 703. The molecule has 2 atom stereocenters. The highest BCUT2D eigenvalue weighted by Gasteiger charge is 2.27. The summed E-state index contributed by atoms with van der Waals surface area (Å²) in [6, 6.07) is 18.3. The van der Waals surface area contributed by atoms with E-state index in [-0.39, 0.29) is 6.10 Å². The Morgan fingerprint density at radius 2 is 1.88 bits per heavy atom. The Kier molecular flexibility index (Phi) is 6.92. The van der Waals surface area contributed by atoms with Crippen LogP contribution in [-0.4, -0.2) is 26.2 Å². The molecule has 0 radical (unpaired) electrons. The van der Waals surface area contributed by atoms with E-state index in [0.29, 0.717) is 12.5 Å². The second-order valence-corrected chi connectivity index (χ2v) is 6.97. The van der Waals surface area contributed by atoms with Crippen LogP contribution in [0.1, 0.15) is 30.1 Å². The van der Waals surface area contributed by atoms with Gasteiger partial charge in [0.15, 0.2) is 5.96 Å². The third-order valence-corrected chi connectivity index (χ3v) is 4.95. The molecule has 1 heterocycles. The van der Waals surface area contributed by atoms with Crippen LogP contribution >= 0.6 is 11.6 Å². The van der Waals surface area contributed by atoms with Gasteiger partial charge in [0.1, 0.15) is 0 Å². The molecule has 26 heavy (non-hydrogen) atoms. The lowest BCUT2D eigenvalue weighted by atomic mass is 9.89. The number of nitrogens with one attached hydrogen (secondary N) is 2. The van der Waals surface area contributed by atoms with Gasteiger partial charge in [0.25, 0.3) is 0 Å². The SMILES string of the molecule is CN=C(NCc1ccc(Cl)cc1)NCC1CCCOC1c1ccccc1. The Labute approximate surface area is 160 Å². The van der Waals surface area contributed by atoms with Gasteiger partial charge >= 0.3 is 0 Å². The van der Waals surface area contributed by atoms with Crippen molar-refractivity contribution in [3.05, 3.63) is 70.7 Å². The van der Waals surface area contributed by atoms with Crippen molar-refractivity contribution in [2.75, 3.05) is 20.2 Å². The number of hydrogen-bond acceptors (Lipinski definition) is 2. The van der Waals surface area contributed by atoms with Crippen LogP contribution in [0.2, 0.25) is 5.02 Å². The zero-order valence-electron chi connectivity index (χ0n) is 15.1. The van der Waals surface area contributed by atoms with Gasteiger partial charge in [0.05, 0.1) is 6.10 Å². The number of halogens is 1. The van der Waals surface area contributed by atoms with Crippen LogP contribution < -0.4 is 10.6 Å². The maximum Gasteiger partial charge on any atom is 0.191 e. The molecular formula is C21H26ClN3O. The Hall–Kier alpha value is -2.04. The average Bonchev–Trinajstić information content (AvgIpc) is 2.70. The van der Waals surface area contributed by atoms with Gasteiger partial charge in [-0.25, -0.2) is 0 Å². The Balaban J connectivity index is 1.54. The van der Waals surface area contributed by atoms with E-state index in [9.17, 15) is 0 Å². The third kappa shape index (κ3) is 5.23. The van der Waals surface area contributed by atoms with Crippen LogP contribution in [-0.2, 0) is 11.3 Å². The zero-order valence-corrected chi connectivity index (χ0v) is 15.9. The molecule has 2 aromatic rings. The van der Waals surface area contributed by atoms with Crippen molar-refractivity contribution < 1.29 is 4.74 Å². The lowest BCUT2D eigenvalue weighted by Crippen LogP contribution is -2.41. The standard InChI is InChI=1S/C21H26ClN3O/c1-23-21(24-14-16-9-11-19(22)12-10-16)25-15-18-8-5-13-26-20(18)17-6-3-2-4-7-17/h2-4,6-7,9-12,18,20H,5,8,13-15H2,1H3,(H2,23,24,25). The van der Waals surface area contributed by atoms with Crippen LogP contribution in [0.15, 0.2) is 59.6 Å². The van der Waals surface area contributed by atoms with E-state index in [1.807, 2.05) is 30.3 Å². The lowest BCUT2D eigenvalue weighted by molar-refractivity contribution is -0.0265. The van der Waals surface area contributed by atoms with E-state index < -0.39 is 0 Å². The average molecular weight is 372 g/mol. The van der Waals surface area contributed by atoms with Crippen LogP contribution in [0.5, 0.6) is 0 Å². The summed E-state index contributed by atoms with van der Waals surface area (Å²) in [7, 11) is 1.79. The van der Waals surface area contributed by atoms with E-state index in [2.05, 4.69) is 39.9 Å². The second kappa shape index (κ2) is 9.60. The maximum atomic E-state index is 6.07. The molecule has 0 aromatic heterocycles. The molecule has 1 saturated heterocycles. The molecule has 3 rings (SSSR count). The fourth-order valence-corrected chi connectivity index (χ4v) is 3.43. The summed E-state index contributed by atoms with van der Waals surface area (Å²) in [4.78, 5) is 4.33. The summed E-state index contributed by atoms with van der Waals surface area (Å²) in [5.41, 5.74) is 2.42. The fourth-order valence-electron chi connectivity index (χ4n) is 3.30. The highest BCUT2D eigenvalue weighted by atomic mass is 35.5. The first kappa shape index (κ1) is 18.7. The molecule has 138 valence electrons. The van der Waals surface area contributed by atoms with E-state index in [0.717, 1.165) is 37.0 Å². The topological polar surface area (TPSA) is 45.7 Å². The van der Waals surface area contributed by atoms with Gasteiger partial charge in [-0.15, -0.1) is 0 Å². The summed E-state index contributed by atoms with van der Waals surface area (Å²) >= 11 is 5.93. The van der Waals surface area contributed by atoms with Gasteiger partial charge in [-0.1, -0.05) is 54.1 Å². The van der Waals surface area contributed by atoms with Crippen molar-refractivity contribution in [1.29, 1.82) is 0 Å². The summed E-state index contributed by atoms with van der Waals surface area (Å²) in [5, 5.41) is 7.56. The van der Waals surface area contributed by atoms with Gasteiger partial charge in [-0.05, 0) is 36.1 Å². The predicted octanol–water partition coefficient (Wildman–Crippen LogP) is 4.17. The second-order valence-electron chi connectivity index (χ2n) is 6.54. The van der Waals surface area contributed by atoms with Gasteiger partial charge in [0.2, 0.25) is 0 Å². The molecule has 0 saturated carbocycles. The van der Waals surface area contributed by atoms with Crippen molar-refractivity contribution in [3.63, 3.8) is 0 Å². The molecule has 4 nitrogen and oxygen atoms in total. The highest BCUT2D eigenvalue weighted by molar-refractivity contribution is 6.30. The smallest absolute Gasteiger partial charge is 0.191 e. The molecule has 2 aromatic carbocycles. The molecule has 0 amide bonds. The monoisotopic (exact) mass is 371 g/mol. The number of nitrogens with zero attached hydrogens (tertiary/aromatic N) is 1. The largest absolute Gasteiger partial charge is 0.373 e. The number of ether oxygens (including phenoxy) is 1. The van der Waals surface area contributed by atoms with Gasteiger partial charge in [0, 0.05) is 37.7 Å². The molecule has 1 aliphatic heterocycles. The summed E-state index contributed by atoms with van der Waals surface area (Å²) in [6.07, 6.45) is 2.40. The Morgan fingerprint density at radius 3 is 2.62 bits per heavy atom. The normalized spacial score (nSPS) is 20.6. The summed E-state index contributed by atoms with van der Waals surface area (Å²) in [6.45, 7) is 2.37. The zero-order chi connectivity index (χ0) is 18.2. The minimum atomic E-state index is 0.145. The molecule has 2 unspecified atom stereocenters. The third-order valence-electron chi connectivity index (χ3n) is 4.70. The number of benzene rings is 2. The van der Waals surface area contributed by atoms with Gasteiger partial charge < -0.3 is 15.4 Å². The Morgan fingerprint density at radius 1 is 1.12 bits per heavy atom. The minimum absolute atomic E-state index is 0.145. The number of hydrogen-bond donors (Lipinski definition) is 2. The molecule has 0 spiro atoms. The van der Waals surface area contributed by atoms with E-state index >= 15 is 0 Å². The fraction of sp³-hybridized carbons (Fsp3) is 0.381. The summed E-state index contributed by atoms with van der Waals surface area (Å²) in [5.74, 6) is 1.23. The van der Waals surface area contributed by atoms with Crippen molar-refractivity contribution in [2.24, 2.45) is 10.9 Å². The van der Waals surface area contributed by atoms with Crippen LogP contribution in [0.4, 0.5) is 0 Å². The number of rotatable bonds is 5. The van der Waals surface area contributed by atoms with Gasteiger partial charge in [-0.3, -0.25) is 4.99 Å².